The average molecular weight is 292 g/mol. The number of hydrogen-bond donors (Lipinski definition) is 1. The van der Waals surface area contributed by atoms with Crippen LogP contribution in [0, 0.1) is 6.92 Å². The Labute approximate surface area is 128 Å². The monoisotopic (exact) mass is 292 g/mol. The fourth-order valence-electron chi connectivity index (χ4n) is 1.94. The van der Waals surface area contributed by atoms with Gasteiger partial charge in [-0.1, -0.05) is 18.9 Å². The summed E-state index contributed by atoms with van der Waals surface area (Å²) >= 11 is 0. The molecule has 0 saturated heterocycles. The van der Waals surface area contributed by atoms with E-state index in [1.54, 1.807) is 0 Å². The fraction of sp³-hybridized carbons (Fsp3) is 0.647. The summed E-state index contributed by atoms with van der Waals surface area (Å²) in [6.45, 7) is 8.33. The van der Waals surface area contributed by atoms with Gasteiger partial charge in [-0.05, 0) is 58.6 Å². The number of rotatable bonds is 7. The van der Waals surface area contributed by atoms with E-state index in [0.717, 1.165) is 37.8 Å². The average Bonchev–Trinajstić information content (AvgIpc) is 2.37. The molecule has 1 amide bonds. The lowest BCUT2D eigenvalue weighted by Gasteiger charge is -2.19. The SMILES string of the molecule is Cc1ccc(CCCCCCNC(=O)OC(C)(C)C)nc1. The molecule has 1 heterocycles. The van der Waals surface area contributed by atoms with Crippen molar-refractivity contribution in [1.29, 1.82) is 0 Å². The van der Waals surface area contributed by atoms with Gasteiger partial charge in [0.2, 0.25) is 0 Å². The molecule has 0 aliphatic heterocycles. The zero-order valence-electron chi connectivity index (χ0n) is 13.7. The molecule has 0 atom stereocenters. The van der Waals surface area contributed by atoms with Crippen LogP contribution in [0.1, 0.15) is 57.7 Å². The maximum absolute atomic E-state index is 11.4. The number of aromatic nitrogens is 1. The zero-order chi connectivity index (χ0) is 15.7. The summed E-state index contributed by atoms with van der Waals surface area (Å²) < 4.78 is 5.17. The van der Waals surface area contributed by atoms with E-state index in [4.69, 9.17) is 4.74 Å². The zero-order valence-corrected chi connectivity index (χ0v) is 13.7. The minimum absolute atomic E-state index is 0.327. The highest BCUT2D eigenvalue weighted by molar-refractivity contribution is 5.67. The van der Waals surface area contributed by atoms with E-state index in [0.29, 0.717) is 6.54 Å². The molecule has 1 aromatic heterocycles. The highest BCUT2D eigenvalue weighted by atomic mass is 16.6. The van der Waals surface area contributed by atoms with Crippen LogP contribution in [0.5, 0.6) is 0 Å². The van der Waals surface area contributed by atoms with Gasteiger partial charge in [-0.3, -0.25) is 4.98 Å². The van der Waals surface area contributed by atoms with E-state index >= 15 is 0 Å². The van der Waals surface area contributed by atoms with Crippen molar-refractivity contribution in [3.63, 3.8) is 0 Å². The molecular weight excluding hydrogens is 264 g/mol. The number of carbonyl (C=O) groups is 1. The molecule has 1 aromatic rings. The van der Waals surface area contributed by atoms with E-state index in [9.17, 15) is 4.79 Å². The summed E-state index contributed by atoms with van der Waals surface area (Å²) in [6, 6.07) is 4.20. The first-order valence-corrected chi connectivity index (χ1v) is 7.75. The molecule has 0 radical (unpaired) electrons. The standard InChI is InChI=1S/C17H28N2O2/c1-14-10-11-15(19-13-14)9-7-5-6-8-12-18-16(20)21-17(2,3)4/h10-11,13H,5-9,12H2,1-4H3,(H,18,20). The first-order chi connectivity index (χ1) is 9.87. The quantitative estimate of drug-likeness (QED) is 0.772. The molecule has 1 rings (SSSR count). The van der Waals surface area contributed by atoms with E-state index in [1.807, 2.05) is 27.0 Å². The molecule has 0 aromatic carbocycles. The van der Waals surface area contributed by atoms with Crippen molar-refractivity contribution in [3.8, 4) is 0 Å². The Morgan fingerprint density at radius 2 is 1.90 bits per heavy atom. The van der Waals surface area contributed by atoms with Crippen LogP contribution >= 0.6 is 0 Å². The summed E-state index contributed by atoms with van der Waals surface area (Å²) in [5, 5.41) is 2.78. The molecule has 4 nitrogen and oxygen atoms in total. The van der Waals surface area contributed by atoms with Crippen LogP contribution in [-0.4, -0.2) is 23.2 Å². The third kappa shape index (κ3) is 9.05. The summed E-state index contributed by atoms with van der Waals surface area (Å²) in [6.07, 6.45) is 7.02. The third-order valence-electron chi connectivity index (χ3n) is 3.00. The maximum atomic E-state index is 11.4. The van der Waals surface area contributed by atoms with Crippen molar-refractivity contribution in [3.05, 3.63) is 29.6 Å². The van der Waals surface area contributed by atoms with Gasteiger partial charge in [-0.15, -0.1) is 0 Å². The number of unbranched alkanes of at least 4 members (excludes halogenated alkanes) is 3. The Bertz CT molecular complexity index is 421. The molecule has 0 saturated carbocycles. The van der Waals surface area contributed by atoms with Crippen LogP contribution < -0.4 is 5.32 Å². The number of nitrogens with one attached hydrogen (secondary N) is 1. The van der Waals surface area contributed by atoms with E-state index in [2.05, 4.69) is 29.4 Å². The summed E-state index contributed by atoms with van der Waals surface area (Å²) in [7, 11) is 0. The number of amides is 1. The maximum Gasteiger partial charge on any atom is 0.407 e. The highest BCUT2D eigenvalue weighted by Gasteiger charge is 2.15. The van der Waals surface area contributed by atoms with Gasteiger partial charge in [0.1, 0.15) is 5.60 Å². The normalized spacial score (nSPS) is 11.2. The molecule has 0 aliphatic carbocycles. The lowest BCUT2D eigenvalue weighted by Crippen LogP contribution is -2.32. The van der Waals surface area contributed by atoms with Gasteiger partial charge in [0.05, 0.1) is 0 Å². The Balaban J connectivity index is 2.00. The molecule has 0 aliphatic rings. The van der Waals surface area contributed by atoms with Gasteiger partial charge in [0.25, 0.3) is 0 Å². The largest absolute Gasteiger partial charge is 0.444 e. The van der Waals surface area contributed by atoms with Crippen LogP contribution in [0.25, 0.3) is 0 Å². The number of ether oxygens (including phenoxy) is 1. The van der Waals surface area contributed by atoms with Gasteiger partial charge in [0.15, 0.2) is 0 Å². The Hall–Kier alpha value is -1.58. The van der Waals surface area contributed by atoms with E-state index in [-0.39, 0.29) is 6.09 Å². The summed E-state index contributed by atoms with van der Waals surface area (Å²) in [5.74, 6) is 0. The summed E-state index contributed by atoms with van der Waals surface area (Å²) in [5.41, 5.74) is 1.94. The van der Waals surface area contributed by atoms with Crippen LogP contribution in [0.15, 0.2) is 18.3 Å². The number of carbonyl (C=O) groups excluding carboxylic acids is 1. The van der Waals surface area contributed by atoms with Gasteiger partial charge in [0, 0.05) is 18.4 Å². The number of aryl methyl sites for hydroxylation is 2. The van der Waals surface area contributed by atoms with E-state index in [1.165, 1.54) is 5.56 Å². The predicted molar refractivity (Wildman–Crippen MR) is 85.4 cm³/mol. The topological polar surface area (TPSA) is 51.2 Å². The smallest absolute Gasteiger partial charge is 0.407 e. The number of hydrogen-bond acceptors (Lipinski definition) is 3. The fourth-order valence-corrected chi connectivity index (χ4v) is 1.94. The molecule has 118 valence electrons. The molecule has 0 fully saturated rings. The molecule has 4 heteroatoms. The van der Waals surface area contributed by atoms with Gasteiger partial charge < -0.3 is 10.1 Å². The first-order valence-electron chi connectivity index (χ1n) is 7.75. The van der Waals surface area contributed by atoms with E-state index < -0.39 is 5.60 Å². The van der Waals surface area contributed by atoms with Crippen molar-refractivity contribution in [1.82, 2.24) is 10.3 Å². The summed E-state index contributed by atoms with van der Waals surface area (Å²) in [4.78, 5) is 15.8. The minimum atomic E-state index is -0.425. The number of pyridine rings is 1. The second kappa shape index (κ2) is 8.65. The molecule has 0 spiro atoms. The first kappa shape index (κ1) is 17.5. The van der Waals surface area contributed by atoms with Crippen molar-refractivity contribution in [2.75, 3.05) is 6.54 Å². The second-order valence-electron chi connectivity index (χ2n) is 6.42. The predicted octanol–water partition coefficient (Wildman–Crippen LogP) is 4.02. The van der Waals surface area contributed by atoms with Crippen molar-refractivity contribution < 1.29 is 9.53 Å². The molecular formula is C17H28N2O2. The Kier molecular flexibility index (Phi) is 7.20. The highest BCUT2D eigenvalue weighted by Crippen LogP contribution is 2.08. The third-order valence-corrected chi connectivity index (χ3v) is 3.00. The molecule has 0 bridgehead atoms. The Morgan fingerprint density at radius 1 is 1.19 bits per heavy atom. The minimum Gasteiger partial charge on any atom is -0.444 e. The molecule has 0 unspecified atom stereocenters. The van der Waals surface area contributed by atoms with Crippen LogP contribution in [0.3, 0.4) is 0 Å². The molecule has 21 heavy (non-hydrogen) atoms. The van der Waals surface area contributed by atoms with Gasteiger partial charge >= 0.3 is 6.09 Å². The molecule has 1 N–H and O–H groups in total. The lowest BCUT2D eigenvalue weighted by molar-refractivity contribution is 0.0527. The van der Waals surface area contributed by atoms with Crippen LogP contribution in [-0.2, 0) is 11.2 Å². The van der Waals surface area contributed by atoms with Crippen LogP contribution in [0.2, 0.25) is 0 Å². The number of nitrogens with zero attached hydrogens (tertiary/aromatic N) is 1. The van der Waals surface area contributed by atoms with Crippen LogP contribution in [0.4, 0.5) is 4.79 Å². The van der Waals surface area contributed by atoms with Crippen molar-refractivity contribution >= 4 is 6.09 Å². The van der Waals surface area contributed by atoms with Crippen molar-refractivity contribution in [2.45, 2.75) is 65.4 Å². The Morgan fingerprint density at radius 3 is 2.52 bits per heavy atom. The van der Waals surface area contributed by atoms with Crippen molar-refractivity contribution in [2.24, 2.45) is 0 Å². The van der Waals surface area contributed by atoms with Gasteiger partial charge in [-0.2, -0.15) is 0 Å². The lowest BCUT2D eigenvalue weighted by atomic mass is 10.1. The number of alkyl carbamates (subject to hydrolysis) is 1. The van der Waals surface area contributed by atoms with Gasteiger partial charge in [-0.25, -0.2) is 4.79 Å². The second-order valence-corrected chi connectivity index (χ2v) is 6.42.